The summed E-state index contributed by atoms with van der Waals surface area (Å²) in [6.07, 6.45) is 3.64. The van der Waals surface area contributed by atoms with Crippen molar-refractivity contribution in [3.8, 4) is 17.2 Å². The van der Waals surface area contributed by atoms with Crippen molar-refractivity contribution in [2.24, 2.45) is 0 Å². The second-order valence-electron chi connectivity index (χ2n) is 3.70. The predicted molar refractivity (Wildman–Crippen MR) is 67.4 cm³/mol. The summed E-state index contributed by atoms with van der Waals surface area (Å²) < 4.78 is 17.8. The molecule has 0 unspecified atom stereocenters. The first-order chi connectivity index (χ1) is 8.80. The fourth-order valence-corrected chi connectivity index (χ4v) is 1.86. The molecule has 0 aliphatic heterocycles. The molecule has 5 nitrogen and oxygen atoms in total. The van der Waals surface area contributed by atoms with E-state index in [-0.39, 0.29) is 0 Å². The van der Waals surface area contributed by atoms with Gasteiger partial charge in [0, 0.05) is 18.0 Å². The number of ether oxygens (including phenoxy) is 3. The maximum absolute atomic E-state index is 5.41. The Kier molecular flexibility index (Phi) is 3.72. The van der Waals surface area contributed by atoms with Crippen molar-refractivity contribution in [2.75, 3.05) is 21.3 Å². The normalized spacial score (nSPS) is 10.2. The van der Waals surface area contributed by atoms with Crippen LogP contribution in [-0.4, -0.2) is 31.1 Å². The van der Waals surface area contributed by atoms with Crippen LogP contribution in [-0.2, 0) is 6.54 Å². The summed E-state index contributed by atoms with van der Waals surface area (Å²) >= 11 is 0. The fourth-order valence-electron chi connectivity index (χ4n) is 1.86. The Balaban J connectivity index is 2.41. The maximum atomic E-state index is 5.41. The van der Waals surface area contributed by atoms with E-state index in [4.69, 9.17) is 14.2 Å². The predicted octanol–water partition coefficient (Wildman–Crippen LogP) is 1.96. The van der Waals surface area contributed by atoms with E-state index in [0.717, 1.165) is 5.56 Å². The summed E-state index contributed by atoms with van der Waals surface area (Å²) in [6, 6.07) is 5.69. The lowest BCUT2D eigenvalue weighted by molar-refractivity contribution is 0.321. The minimum absolute atomic E-state index is 0.602. The summed E-state index contributed by atoms with van der Waals surface area (Å²) in [5.41, 5.74) is 0.985. The van der Waals surface area contributed by atoms with Crippen molar-refractivity contribution >= 4 is 0 Å². The van der Waals surface area contributed by atoms with Gasteiger partial charge in [0.25, 0.3) is 0 Å². The van der Waals surface area contributed by atoms with Crippen LogP contribution in [0.25, 0.3) is 0 Å². The van der Waals surface area contributed by atoms with Gasteiger partial charge in [-0.15, -0.1) is 0 Å². The lowest BCUT2D eigenvalue weighted by Gasteiger charge is -2.15. The van der Waals surface area contributed by atoms with E-state index in [1.54, 1.807) is 27.5 Å². The molecule has 1 aromatic heterocycles. The molecule has 0 amide bonds. The summed E-state index contributed by atoms with van der Waals surface area (Å²) in [6.45, 7) is 0.622. The van der Waals surface area contributed by atoms with Gasteiger partial charge in [0.1, 0.15) is 0 Å². The van der Waals surface area contributed by atoms with E-state index in [9.17, 15) is 0 Å². The van der Waals surface area contributed by atoms with E-state index in [2.05, 4.69) is 5.10 Å². The van der Waals surface area contributed by atoms with Crippen LogP contribution in [0.15, 0.2) is 30.6 Å². The molecule has 5 heteroatoms. The zero-order valence-electron chi connectivity index (χ0n) is 10.7. The molecule has 18 heavy (non-hydrogen) atoms. The van der Waals surface area contributed by atoms with Crippen molar-refractivity contribution in [3.05, 3.63) is 36.2 Å². The SMILES string of the molecule is COc1ccc(Cn2cccn2)c(OC)c1OC. The van der Waals surface area contributed by atoms with E-state index in [1.165, 1.54) is 0 Å². The number of nitrogens with zero attached hydrogens (tertiary/aromatic N) is 2. The second kappa shape index (κ2) is 5.44. The molecule has 0 radical (unpaired) electrons. The van der Waals surface area contributed by atoms with Gasteiger partial charge >= 0.3 is 0 Å². The first-order valence-corrected chi connectivity index (χ1v) is 5.55. The largest absolute Gasteiger partial charge is 0.493 e. The number of benzene rings is 1. The molecular weight excluding hydrogens is 232 g/mol. The fraction of sp³-hybridized carbons (Fsp3) is 0.308. The van der Waals surface area contributed by atoms with Crippen LogP contribution in [0.3, 0.4) is 0 Å². The van der Waals surface area contributed by atoms with Gasteiger partial charge in [0.15, 0.2) is 11.5 Å². The molecule has 2 aromatic rings. The molecule has 2 rings (SSSR count). The summed E-state index contributed by atoms with van der Waals surface area (Å²) in [4.78, 5) is 0. The number of rotatable bonds is 5. The van der Waals surface area contributed by atoms with Gasteiger partial charge < -0.3 is 14.2 Å². The van der Waals surface area contributed by atoms with Gasteiger partial charge in [0.2, 0.25) is 5.75 Å². The molecule has 0 fully saturated rings. The smallest absolute Gasteiger partial charge is 0.203 e. The average Bonchev–Trinajstić information content (AvgIpc) is 2.90. The Morgan fingerprint density at radius 2 is 1.83 bits per heavy atom. The highest BCUT2D eigenvalue weighted by atomic mass is 16.5. The Hall–Kier alpha value is -2.17. The zero-order valence-corrected chi connectivity index (χ0v) is 10.7. The van der Waals surface area contributed by atoms with Gasteiger partial charge in [0.05, 0.1) is 27.9 Å². The molecule has 1 heterocycles. The summed E-state index contributed by atoms with van der Waals surface area (Å²) in [5, 5.41) is 4.17. The number of hydrogen-bond donors (Lipinski definition) is 0. The van der Waals surface area contributed by atoms with Crippen LogP contribution in [0.2, 0.25) is 0 Å². The van der Waals surface area contributed by atoms with E-state index < -0.39 is 0 Å². The first kappa shape index (κ1) is 12.3. The Labute approximate surface area is 106 Å². The lowest BCUT2D eigenvalue weighted by Crippen LogP contribution is -2.04. The number of hydrogen-bond acceptors (Lipinski definition) is 4. The second-order valence-corrected chi connectivity index (χ2v) is 3.70. The van der Waals surface area contributed by atoms with Crippen LogP contribution in [0.1, 0.15) is 5.56 Å². The van der Waals surface area contributed by atoms with Gasteiger partial charge in [-0.25, -0.2) is 0 Å². The van der Waals surface area contributed by atoms with Crippen LogP contribution < -0.4 is 14.2 Å². The third-order valence-corrected chi connectivity index (χ3v) is 2.68. The van der Waals surface area contributed by atoms with Crippen molar-refractivity contribution in [3.63, 3.8) is 0 Å². The molecule has 96 valence electrons. The third-order valence-electron chi connectivity index (χ3n) is 2.68. The zero-order chi connectivity index (χ0) is 13.0. The molecule has 0 aliphatic carbocycles. The number of methoxy groups -OCH3 is 3. The quantitative estimate of drug-likeness (QED) is 0.811. The van der Waals surface area contributed by atoms with Crippen molar-refractivity contribution in [2.45, 2.75) is 6.54 Å². The van der Waals surface area contributed by atoms with Crippen LogP contribution in [0.5, 0.6) is 17.2 Å². The highest BCUT2D eigenvalue weighted by Crippen LogP contribution is 2.39. The molecule has 0 bridgehead atoms. The summed E-state index contributed by atoms with van der Waals surface area (Å²) in [5.74, 6) is 1.93. The summed E-state index contributed by atoms with van der Waals surface area (Å²) in [7, 11) is 4.81. The monoisotopic (exact) mass is 248 g/mol. The van der Waals surface area contributed by atoms with Crippen molar-refractivity contribution in [1.82, 2.24) is 9.78 Å². The van der Waals surface area contributed by atoms with Crippen LogP contribution >= 0.6 is 0 Å². The molecule has 0 spiro atoms. The molecule has 0 saturated carbocycles. The van der Waals surface area contributed by atoms with Gasteiger partial charge in [-0.05, 0) is 18.2 Å². The molecule has 1 aromatic carbocycles. The molecule has 0 saturated heterocycles. The Bertz CT molecular complexity index is 509. The van der Waals surface area contributed by atoms with E-state index >= 15 is 0 Å². The van der Waals surface area contributed by atoms with Crippen molar-refractivity contribution in [1.29, 1.82) is 0 Å². The average molecular weight is 248 g/mol. The van der Waals surface area contributed by atoms with Crippen molar-refractivity contribution < 1.29 is 14.2 Å². The third kappa shape index (κ3) is 2.25. The minimum Gasteiger partial charge on any atom is -0.493 e. The standard InChI is InChI=1S/C13H16N2O3/c1-16-11-6-5-10(9-15-8-4-7-14-15)12(17-2)13(11)18-3/h4-8H,9H2,1-3H3. The molecule has 0 aliphatic rings. The highest BCUT2D eigenvalue weighted by Gasteiger charge is 2.15. The lowest BCUT2D eigenvalue weighted by atomic mass is 10.1. The Morgan fingerprint density at radius 1 is 1.06 bits per heavy atom. The number of aromatic nitrogens is 2. The maximum Gasteiger partial charge on any atom is 0.203 e. The molecule has 0 N–H and O–H groups in total. The minimum atomic E-state index is 0.602. The van der Waals surface area contributed by atoms with Gasteiger partial charge in [-0.3, -0.25) is 4.68 Å². The molecule has 0 atom stereocenters. The van der Waals surface area contributed by atoms with E-state index in [1.807, 2.05) is 29.1 Å². The van der Waals surface area contributed by atoms with Crippen LogP contribution in [0, 0.1) is 0 Å². The first-order valence-electron chi connectivity index (χ1n) is 5.55. The Morgan fingerprint density at radius 3 is 2.39 bits per heavy atom. The highest BCUT2D eigenvalue weighted by molar-refractivity contribution is 5.55. The van der Waals surface area contributed by atoms with E-state index in [0.29, 0.717) is 23.8 Å². The topological polar surface area (TPSA) is 45.5 Å². The van der Waals surface area contributed by atoms with Gasteiger partial charge in [-0.2, -0.15) is 5.10 Å². The molecular formula is C13H16N2O3. The van der Waals surface area contributed by atoms with Gasteiger partial charge in [-0.1, -0.05) is 0 Å². The van der Waals surface area contributed by atoms with Crippen LogP contribution in [0.4, 0.5) is 0 Å².